The van der Waals surface area contributed by atoms with E-state index in [-0.39, 0.29) is 18.7 Å². The van der Waals surface area contributed by atoms with Gasteiger partial charge in [0.1, 0.15) is 11.4 Å². The normalized spacial score (nSPS) is 13.9. The first-order valence-corrected chi connectivity index (χ1v) is 6.59. The lowest BCUT2D eigenvalue weighted by molar-refractivity contribution is 0.0241. The molecule has 0 atom stereocenters. The number of hydrogen-bond donors (Lipinski definition) is 0. The zero-order valence-electron chi connectivity index (χ0n) is 12.5. The Labute approximate surface area is 122 Å². The molecule has 2 rings (SSSR count). The lowest BCUT2D eigenvalue weighted by Crippen LogP contribution is -2.33. The number of carbonyl (C=O) groups excluding carboxylic acids is 2. The third-order valence-corrected chi connectivity index (χ3v) is 3.11. The highest BCUT2D eigenvalue weighted by Gasteiger charge is 2.31. The fraction of sp³-hybridized carbons (Fsp3) is 0.467. The summed E-state index contributed by atoms with van der Waals surface area (Å²) in [5, 5.41) is 0. The fourth-order valence-corrected chi connectivity index (χ4v) is 2.16. The number of amides is 1. The van der Waals surface area contributed by atoms with Gasteiger partial charge in [-0.2, -0.15) is 0 Å². The molecule has 0 aromatic heterocycles. The number of carbonyl (C=O) groups is 2. The molecule has 1 amide bonds. The third kappa shape index (κ3) is 3.15. The first-order chi connectivity index (χ1) is 9.73. The molecule has 0 N–H and O–H groups in total. The van der Waals surface area contributed by atoms with Crippen LogP contribution in [-0.4, -0.2) is 29.7 Å². The smallest absolute Gasteiger partial charge is 0.410 e. The van der Waals surface area contributed by atoms with Crippen LogP contribution in [0.2, 0.25) is 0 Å². The molecule has 1 aliphatic rings. The van der Waals surface area contributed by atoms with Gasteiger partial charge in [0.05, 0.1) is 19.2 Å². The quantitative estimate of drug-likeness (QED) is 0.748. The summed E-state index contributed by atoms with van der Waals surface area (Å²) in [5.41, 5.74) is 0.277. The summed E-state index contributed by atoms with van der Waals surface area (Å²) >= 11 is 0. The van der Waals surface area contributed by atoms with Crippen molar-refractivity contribution in [2.24, 2.45) is 0 Å². The molecule has 5 nitrogen and oxygen atoms in total. The van der Waals surface area contributed by atoms with E-state index in [2.05, 4.69) is 4.74 Å². The minimum absolute atomic E-state index is 0.0842. The highest BCUT2D eigenvalue weighted by Crippen LogP contribution is 2.28. The van der Waals surface area contributed by atoms with E-state index >= 15 is 0 Å². The highest BCUT2D eigenvalue weighted by atomic mass is 19.1. The van der Waals surface area contributed by atoms with Gasteiger partial charge in [0, 0.05) is 12.1 Å². The van der Waals surface area contributed by atoms with E-state index in [0.29, 0.717) is 11.1 Å². The average molecular weight is 295 g/mol. The number of esters is 1. The van der Waals surface area contributed by atoms with Crippen molar-refractivity contribution < 1.29 is 23.5 Å². The van der Waals surface area contributed by atoms with Gasteiger partial charge >= 0.3 is 12.1 Å². The van der Waals surface area contributed by atoms with Gasteiger partial charge in [-0.15, -0.1) is 0 Å². The Balaban J connectivity index is 2.22. The Kier molecular flexibility index (Phi) is 3.89. The van der Waals surface area contributed by atoms with Crippen molar-refractivity contribution >= 4 is 12.1 Å². The van der Waals surface area contributed by atoms with Crippen LogP contribution in [0.25, 0.3) is 0 Å². The number of fused-ring (bicyclic) bond motifs is 1. The van der Waals surface area contributed by atoms with Crippen LogP contribution in [0, 0.1) is 5.82 Å². The predicted octanol–water partition coefficient (Wildman–Crippen LogP) is 2.86. The summed E-state index contributed by atoms with van der Waals surface area (Å²) < 4.78 is 24.1. The molecule has 1 aromatic rings. The van der Waals surface area contributed by atoms with Crippen LogP contribution in [0.3, 0.4) is 0 Å². The number of rotatable bonds is 1. The molecular weight excluding hydrogens is 277 g/mol. The summed E-state index contributed by atoms with van der Waals surface area (Å²) in [6.45, 7) is 5.65. The van der Waals surface area contributed by atoms with Gasteiger partial charge in [-0.25, -0.2) is 14.0 Å². The molecule has 6 heteroatoms. The first-order valence-electron chi connectivity index (χ1n) is 6.59. The van der Waals surface area contributed by atoms with Gasteiger partial charge in [-0.3, -0.25) is 4.90 Å². The molecule has 1 heterocycles. The number of hydrogen-bond acceptors (Lipinski definition) is 4. The highest BCUT2D eigenvalue weighted by molar-refractivity contribution is 5.90. The minimum atomic E-state index is -0.731. The lowest BCUT2D eigenvalue weighted by Gasteiger charge is -2.24. The van der Waals surface area contributed by atoms with E-state index in [1.807, 2.05) is 0 Å². The zero-order chi connectivity index (χ0) is 15.8. The molecule has 0 bridgehead atoms. The van der Waals surface area contributed by atoms with Crippen LogP contribution in [-0.2, 0) is 22.6 Å². The number of nitrogens with zero attached hydrogens (tertiary/aromatic N) is 1. The van der Waals surface area contributed by atoms with Gasteiger partial charge in [0.25, 0.3) is 0 Å². The second-order valence-corrected chi connectivity index (χ2v) is 5.89. The maximum Gasteiger partial charge on any atom is 0.410 e. The summed E-state index contributed by atoms with van der Waals surface area (Å²) in [4.78, 5) is 24.9. The minimum Gasteiger partial charge on any atom is -0.465 e. The van der Waals surface area contributed by atoms with Crippen molar-refractivity contribution in [2.75, 3.05) is 7.11 Å². The Hall–Kier alpha value is -2.11. The van der Waals surface area contributed by atoms with E-state index in [1.165, 1.54) is 18.1 Å². The molecule has 0 aliphatic carbocycles. The van der Waals surface area contributed by atoms with Crippen molar-refractivity contribution in [3.63, 3.8) is 0 Å². The molecule has 0 saturated carbocycles. The predicted molar refractivity (Wildman–Crippen MR) is 73.2 cm³/mol. The molecule has 0 spiro atoms. The van der Waals surface area contributed by atoms with Crippen LogP contribution in [0.15, 0.2) is 12.1 Å². The van der Waals surface area contributed by atoms with E-state index in [1.54, 1.807) is 26.8 Å². The molecular formula is C15H18FNO4. The Morgan fingerprint density at radius 3 is 2.48 bits per heavy atom. The van der Waals surface area contributed by atoms with Gasteiger partial charge in [-0.05, 0) is 32.4 Å². The summed E-state index contributed by atoms with van der Waals surface area (Å²) in [7, 11) is 1.20. The lowest BCUT2D eigenvalue weighted by atomic mass is 10.1. The van der Waals surface area contributed by atoms with Crippen molar-refractivity contribution in [3.05, 3.63) is 34.6 Å². The largest absolute Gasteiger partial charge is 0.465 e. The Morgan fingerprint density at radius 1 is 1.24 bits per heavy atom. The second-order valence-electron chi connectivity index (χ2n) is 5.89. The third-order valence-electron chi connectivity index (χ3n) is 3.11. The van der Waals surface area contributed by atoms with Crippen LogP contribution in [0.1, 0.15) is 42.3 Å². The number of ether oxygens (including phenoxy) is 2. The molecule has 0 saturated heterocycles. The van der Waals surface area contributed by atoms with Crippen molar-refractivity contribution in [2.45, 2.75) is 39.5 Å². The SMILES string of the molecule is COC(=O)c1ccc2c(c1F)CN(C(=O)OC(C)(C)C)C2. The molecule has 1 aromatic carbocycles. The van der Waals surface area contributed by atoms with E-state index in [0.717, 1.165) is 0 Å². The second kappa shape index (κ2) is 5.35. The zero-order valence-corrected chi connectivity index (χ0v) is 12.5. The standard InChI is InChI=1S/C15H18FNO4/c1-15(2,3)21-14(19)17-7-9-5-6-10(13(18)20-4)12(16)11(9)8-17/h5-6H,7-8H2,1-4H3. The van der Waals surface area contributed by atoms with Crippen molar-refractivity contribution in [1.29, 1.82) is 0 Å². The van der Waals surface area contributed by atoms with Gasteiger partial charge < -0.3 is 9.47 Å². The number of benzene rings is 1. The maximum atomic E-state index is 14.3. The van der Waals surface area contributed by atoms with E-state index in [9.17, 15) is 14.0 Å². The van der Waals surface area contributed by atoms with E-state index < -0.39 is 23.5 Å². The molecule has 21 heavy (non-hydrogen) atoms. The van der Waals surface area contributed by atoms with Crippen LogP contribution >= 0.6 is 0 Å². The topological polar surface area (TPSA) is 55.8 Å². The Morgan fingerprint density at radius 2 is 1.90 bits per heavy atom. The number of halogens is 1. The van der Waals surface area contributed by atoms with Gasteiger partial charge in [-0.1, -0.05) is 6.07 Å². The summed E-state index contributed by atoms with van der Waals surface area (Å²) in [6.07, 6.45) is -0.502. The van der Waals surface area contributed by atoms with Gasteiger partial charge in [0.2, 0.25) is 0 Å². The maximum absolute atomic E-state index is 14.3. The molecule has 1 aliphatic heterocycles. The van der Waals surface area contributed by atoms with Crippen LogP contribution in [0.4, 0.5) is 9.18 Å². The monoisotopic (exact) mass is 295 g/mol. The molecule has 0 unspecified atom stereocenters. The van der Waals surface area contributed by atoms with E-state index in [4.69, 9.17) is 4.74 Å². The van der Waals surface area contributed by atoms with Crippen molar-refractivity contribution in [1.82, 2.24) is 4.90 Å². The average Bonchev–Trinajstić information content (AvgIpc) is 2.81. The van der Waals surface area contributed by atoms with Gasteiger partial charge in [0.15, 0.2) is 0 Å². The molecule has 114 valence electrons. The number of methoxy groups -OCH3 is 1. The Bertz CT molecular complexity index is 592. The fourth-order valence-electron chi connectivity index (χ4n) is 2.16. The first kappa shape index (κ1) is 15.3. The van der Waals surface area contributed by atoms with Crippen LogP contribution in [0.5, 0.6) is 0 Å². The van der Waals surface area contributed by atoms with Crippen molar-refractivity contribution in [3.8, 4) is 0 Å². The molecule has 0 radical (unpaired) electrons. The van der Waals surface area contributed by atoms with Crippen LogP contribution < -0.4 is 0 Å². The molecule has 0 fully saturated rings. The summed E-state index contributed by atoms with van der Waals surface area (Å²) in [6, 6.07) is 3.01. The summed E-state index contributed by atoms with van der Waals surface area (Å²) in [5.74, 6) is -1.36.